The van der Waals surface area contributed by atoms with Gasteiger partial charge in [-0.3, -0.25) is 0 Å². The van der Waals surface area contributed by atoms with Crippen LogP contribution in [0.1, 0.15) is 37.7 Å². The van der Waals surface area contributed by atoms with Gasteiger partial charge in [-0.15, -0.1) is 0 Å². The van der Waals surface area contributed by atoms with E-state index in [0.717, 1.165) is 25.2 Å². The molecule has 0 aliphatic rings. The van der Waals surface area contributed by atoms with Crippen molar-refractivity contribution in [2.75, 3.05) is 6.54 Å². The van der Waals surface area contributed by atoms with Gasteiger partial charge in [0.15, 0.2) is 0 Å². The molecule has 3 nitrogen and oxygen atoms in total. The third-order valence-corrected chi connectivity index (χ3v) is 3.33. The van der Waals surface area contributed by atoms with Crippen molar-refractivity contribution in [3.8, 4) is 0 Å². The predicted octanol–water partition coefficient (Wildman–Crippen LogP) is 3.33. The highest BCUT2D eigenvalue weighted by Gasteiger charge is 2.14. The first-order valence-corrected chi connectivity index (χ1v) is 7.04. The van der Waals surface area contributed by atoms with Crippen LogP contribution >= 0.6 is 0 Å². The Kier molecular flexibility index (Phi) is 5.16. The zero-order valence-electron chi connectivity index (χ0n) is 11.8. The van der Waals surface area contributed by atoms with Gasteiger partial charge in [-0.2, -0.15) is 0 Å². The van der Waals surface area contributed by atoms with Crippen LogP contribution in [0.2, 0.25) is 0 Å². The molecule has 102 valence electrons. The predicted molar refractivity (Wildman–Crippen MR) is 78.9 cm³/mol. The highest BCUT2D eigenvalue weighted by molar-refractivity contribution is 5.19. The topological polar surface area (TPSA) is 40.7 Å². The summed E-state index contributed by atoms with van der Waals surface area (Å²) < 4.78 is 0. The van der Waals surface area contributed by atoms with Crippen molar-refractivity contribution in [2.24, 2.45) is 5.92 Å². The van der Waals surface area contributed by atoms with Crippen LogP contribution in [0.15, 0.2) is 42.7 Å². The molecule has 0 saturated carbocycles. The summed E-state index contributed by atoms with van der Waals surface area (Å²) in [7, 11) is 0. The van der Waals surface area contributed by atoms with Crippen molar-refractivity contribution >= 4 is 0 Å². The van der Waals surface area contributed by atoms with Crippen LogP contribution in [-0.2, 0) is 6.42 Å². The number of H-pyrrole nitrogens is 1. The van der Waals surface area contributed by atoms with Crippen LogP contribution in [0.4, 0.5) is 0 Å². The molecule has 2 N–H and O–H groups in total. The van der Waals surface area contributed by atoms with E-state index in [2.05, 4.69) is 59.5 Å². The van der Waals surface area contributed by atoms with Gasteiger partial charge in [0.2, 0.25) is 0 Å². The molecule has 0 amide bonds. The largest absolute Gasteiger partial charge is 0.349 e. The first-order valence-electron chi connectivity index (χ1n) is 7.04. The summed E-state index contributed by atoms with van der Waals surface area (Å²) in [6.07, 6.45) is 5.79. The Labute approximate surface area is 115 Å². The van der Waals surface area contributed by atoms with Crippen molar-refractivity contribution in [3.63, 3.8) is 0 Å². The quantitative estimate of drug-likeness (QED) is 0.747. The van der Waals surface area contributed by atoms with E-state index in [0.29, 0.717) is 12.0 Å². The van der Waals surface area contributed by atoms with Crippen molar-refractivity contribution in [3.05, 3.63) is 54.1 Å². The number of benzene rings is 1. The van der Waals surface area contributed by atoms with Crippen molar-refractivity contribution in [1.82, 2.24) is 15.3 Å². The normalized spacial score (nSPS) is 12.8. The fourth-order valence-corrected chi connectivity index (χ4v) is 2.35. The number of rotatable bonds is 7. The number of aromatic nitrogens is 2. The smallest absolute Gasteiger partial charge is 0.106 e. The fraction of sp³-hybridized carbons (Fsp3) is 0.438. The zero-order chi connectivity index (χ0) is 13.5. The van der Waals surface area contributed by atoms with Crippen LogP contribution in [0, 0.1) is 5.92 Å². The molecule has 1 unspecified atom stereocenters. The van der Waals surface area contributed by atoms with Gasteiger partial charge >= 0.3 is 0 Å². The first kappa shape index (κ1) is 13.8. The van der Waals surface area contributed by atoms with Gasteiger partial charge in [0.05, 0.1) is 0 Å². The third kappa shape index (κ3) is 4.21. The van der Waals surface area contributed by atoms with Crippen molar-refractivity contribution in [1.29, 1.82) is 0 Å². The monoisotopic (exact) mass is 257 g/mol. The first-order chi connectivity index (χ1) is 9.27. The lowest BCUT2D eigenvalue weighted by molar-refractivity contribution is 0.409. The van der Waals surface area contributed by atoms with Gasteiger partial charge in [-0.05, 0) is 24.4 Å². The summed E-state index contributed by atoms with van der Waals surface area (Å²) in [5.74, 6) is 1.66. The Bertz CT molecular complexity index is 448. The summed E-state index contributed by atoms with van der Waals surface area (Å²) in [5.41, 5.74) is 1.37. The Balaban J connectivity index is 1.81. The van der Waals surface area contributed by atoms with E-state index in [1.54, 1.807) is 0 Å². The van der Waals surface area contributed by atoms with E-state index in [1.165, 1.54) is 5.56 Å². The second kappa shape index (κ2) is 7.10. The lowest BCUT2D eigenvalue weighted by Crippen LogP contribution is -2.27. The van der Waals surface area contributed by atoms with Gasteiger partial charge in [0.25, 0.3) is 0 Å². The SMILES string of the molecule is CC(C)C(NCCCc1ncc[nH]1)c1ccccc1. The van der Waals surface area contributed by atoms with E-state index in [-0.39, 0.29) is 0 Å². The zero-order valence-corrected chi connectivity index (χ0v) is 11.8. The molecule has 0 spiro atoms. The molecule has 1 aromatic carbocycles. The molecule has 3 heteroatoms. The van der Waals surface area contributed by atoms with Crippen LogP contribution in [0.5, 0.6) is 0 Å². The number of nitrogens with zero attached hydrogens (tertiary/aromatic N) is 1. The molecular formula is C16H23N3. The Hall–Kier alpha value is -1.61. The molecule has 0 radical (unpaired) electrons. The van der Waals surface area contributed by atoms with Gasteiger partial charge in [-0.25, -0.2) is 4.98 Å². The van der Waals surface area contributed by atoms with Crippen LogP contribution < -0.4 is 5.32 Å². The van der Waals surface area contributed by atoms with Crippen LogP contribution in [0.25, 0.3) is 0 Å². The maximum absolute atomic E-state index is 4.24. The van der Waals surface area contributed by atoms with Gasteiger partial charge in [0, 0.05) is 24.9 Å². The molecule has 19 heavy (non-hydrogen) atoms. The number of aryl methyl sites for hydroxylation is 1. The number of imidazole rings is 1. The van der Waals surface area contributed by atoms with Crippen LogP contribution in [0.3, 0.4) is 0 Å². The average molecular weight is 257 g/mol. The van der Waals surface area contributed by atoms with Gasteiger partial charge in [0.1, 0.15) is 5.82 Å². The maximum Gasteiger partial charge on any atom is 0.106 e. The molecule has 0 bridgehead atoms. The minimum Gasteiger partial charge on any atom is -0.349 e. The number of nitrogens with one attached hydrogen (secondary N) is 2. The van der Waals surface area contributed by atoms with Crippen molar-refractivity contribution in [2.45, 2.75) is 32.7 Å². The highest BCUT2D eigenvalue weighted by atomic mass is 14.9. The molecule has 0 aliphatic carbocycles. The summed E-state index contributed by atoms with van der Waals surface area (Å²) in [4.78, 5) is 7.38. The standard InChI is InChI=1S/C16H23N3/c1-13(2)16(14-7-4-3-5-8-14)19-10-6-9-15-17-11-12-18-15/h3-5,7-8,11-13,16,19H,6,9-10H2,1-2H3,(H,17,18). The van der Waals surface area contributed by atoms with E-state index < -0.39 is 0 Å². The van der Waals surface area contributed by atoms with E-state index in [9.17, 15) is 0 Å². The molecule has 0 aliphatic heterocycles. The lowest BCUT2D eigenvalue weighted by atomic mass is 9.96. The Morgan fingerprint density at radius 2 is 2.00 bits per heavy atom. The minimum absolute atomic E-state index is 0.429. The minimum atomic E-state index is 0.429. The second-order valence-electron chi connectivity index (χ2n) is 5.23. The molecular weight excluding hydrogens is 234 g/mol. The van der Waals surface area contributed by atoms with Gasteiger partial charge in [-0.1, -0.05) is 44.2 Å². The maximum atomic E-state index is 4.24. The van der Waals surface area contributed by atoms with E-state index >= 15 is 0 Å². The Morgan fingerprint density at radius 3 is 2.63 bits per heavy atom. The third-order valence-electron chi connectivity index (χ3n) is 3.33. The molecule has 2 aromatic rings. The molecule has 1 heterocycles. The Morgan fingerprint density at radius 1 is 1.21 bits per heavy atom. The summed E-state index contributed by atoms with van der Waals surface area (Å²) in [6.45, 7) is 5.53. The molecule has 1 atom stereocenters. The number of hydrogen-bond donors (Lipinski definition) is 2. The second-order valence-corrected chi connectivity index (χ2v) is 5.23. The molecule has 0 fully saturated rings. The summed E-state index contributed by atoms with van der Waals surface area (Å²) >= 11 is 0. The lowest BCUT2D eigenvalue weighted by Gasteiger charge is -2.23. The van der Waals surface area contributed by atoms with E-state index in [4.69, 9.17) is 0 Å². The molecule has 2 rings (SSSR count). The number of hydrogen-bond acceptors (Lipinski definition) is 2. The summed E-state index contributed by atoms with van der Waals surface area (Å²) in [6, 6.07) is 11.1. The highest BCUT2D eigenvalue weighted by Crippen LogP contribution is 2.21. The van der Waals surface area contributed by atoms with Crippen molar-refractivity contribution < 1.29 is 0 Å². The fourth-order valence-electron chi connectivity index (χ4n) is 2.35. The van der Waals surface area contributed by atoms with Gasteiger partial charge < -0.3 is 10.3 Å². The average Bonchev–Trinajstić information content (AvgIpc) is 2.92. The van der Waals surface area contributed by atoms with Crippen LogP contribution in [-0.4, -0.2) is 16.5 Å². The molecule has 0 saturated heterocycles. The summed E-state index contributed by atoms with van der Waals surface area (Å²) in [5, 5.41) is 3.66. The number of aromatic amines is 1. The van der Waals surface area contributed by atoms with E-state index in [1.807, 2.05) is 12.4 Å². The molecule has 1 aromatic heterocycles.